The maximum absolute atomic E-state index is 12.3. The highest BCUT2D eigenvalue weighted by Crippen LogP contribution is 2.31. The molecule has 0 spiro atoms. The van der Waals surface area contributed by atoms with Crippen LogP contribution in [0.1, 0.15) is 65.7 Å². The Kier molecular flexibility index (Phi) is 4.75. The zero-order valence-electron chi connectivity index (χ0n) is 13.2. The van der Waals surface area contributed by atoms with Crippen LogP contribution in [0.5, 0.6) is 0 Å². The van der Waals surface area contributed by atoms with Gasteiger partial charge in [-0.25, -0.2) is 0 Å². The van der Waals surface area contributed by atoms with Crippen molar-refractivity contribution in [2.75, 3.05) is 13.1 Å². The Morgan fingerprint density at radius 1 is 1.25 bits per heavy atom. The van der Waals surface area contributed by atoms with Crippen molar-refractivity contribution in [3.8, 4) is 0 Å². The topological polar surface area (TPSA) is 49.8 Å². The first-order valence-electron chi connectivity index (χ1n) is 7.98. The van der Waals surface area contributed by atoms with Crippen molar-refractivity contribution in [1.29, 1.82) is 0 Å². The second-order valence-corrected chi connectivity index (χ2v) is 7.45. The van der Waals surface area contributed by atoms with Crippen LogP contribution in [-0.2, 0) is 9.53 Å². The van der Waals surface area contributed by atoms with E-state index >= 15 is 0 Å². The van der Waals surface area contributed by atoms with Crippen molar-refractivity contribution < 1.29 is 14.6 Å². The second-order valence-electron chi connectivity index (χ2n) is 7.45. The maximum atomic E-state index is 12.3. The lowest BCUT2D eigenvalue weighted by atomic mass is 9.84. The van der Waals surface area contributed by atoms with E-state index in [0.717, 1.165) is 45.1 Å². The van der Waals surface area contributed by atoms with E-state index in [1.165, 1.54) is 6.42 Å². The van der Waals surface area contributed by atoms with Crippen LogP contribution in [0.2, 0.25) is 0 Å². The number of nitrogens with zero attached hydrogens (tertiary/aromatic N) is 1. The highest BCUT2D eigenvalue weighted by molar-refractivity contribution is 5.76. The van der Waals surface area contributed by atoms with Crippen molar-refractivity contribution >= 4 is 5.97 Å². The Labute approximate surface area is 122 Å². The fraction of sp³-hybridized carbons (Fsp3) is 0.938. The van der Waals surface area contributed by atoms with Crippen molar-refractivity contribution in [3.05, 3.63) is 0 Å². The molecule has 0 amide bonds. The fourth-order valence-electron chi connectivity index (χ4n) is 3.40. The fourth-order valence-corrected chi connectivity index (χ4v) is 3.40. The lowest BCUT2D eigenvalue weighted by molar-refractivity contribution is -0.161. The van der Waals surface area contributed by atoms with Gasteiger partial charge in [-0.1, -0.05) is 19.3 Å². The van der Waals surface area contributed by atoms with Crippen LogP contribution in [0.25, 0.3) is 0 Å². The van der Waals surface area contributed by atoms with E-state index in [2.05, 4.69) is 4.90 Å². The number of hydrogen-bond acceptors (Lipinski definition) is 4. The van der Waals surface area contributed by atoms with Crippen LogP contribution in [0.3, 0.4) is 0 Å². The van der Waals surface area contributed by atoms with Crippen molar-refractivity contribution in [3.63, 3.8) is 0 Å². The Morgan fingerprint density at radius 2 is 1.90 bits per heavy atom. The van der Waals surface area contributed by atoms with Gasteiger partial charge in [0.15, 0.2) is 0 Å². The van der Waals surface area contributed by atoms with E-state index in [0.29, 0.717) is 6.54 Å². The van der Waals surface area contributed by atoms with Crippen molar-refractivity contribution in [2.45, 2.75) is 83.0 Å². The Balaban J connectivity index is 1.95. The predicted molar refractivity (Wildman–Crippen MR) is 78.5 cm³/mol. The number of ether oxygens (including phenoxy) is 1. The summed E-state index contributed by atoms with van der Waals surface area (Å²) in [6.07, 6.45) is 7.01. The quantitative estimate of drug-likeness (QED) is 0.809. The second kappa shape index (κ2) is 6.02. The first-order valence-corrected chi connectivity index (χ1v) is 7.98. The molecule has 1 aliphatic heterocycles. The smallest absolute Gasteiger partial charge is 0.323 e. The SMILES string of the molecule is CC(C)(C)OC(=O)[C@@H]1CCCN1CC1(O)CCCCC1. The van der Waals surface area contributed by atoms with Gasteiger partial charge in [-0.15, -0.1) is 0 Å². The summed E-state index contributed by atoms with van der Waals surface area (Å²) < 4.78 is 5.51. The van der Waals surface area contributed by atoms with Crippen LogP contribution < -0.4 is 0 Å². The average molecular weight is 283 g/mol. The standard InChI is InChI=1S/C16H29NO3/c1-15(2,3)20-14(18)13-8-7-11-17(13)12-16(19)9-5-4-6-10-16/h13,19H,4-12H2,1-3H3/t13-/m0/s1. The highest BCUT2D eigenvalue weighted by atomic mass is 16.6. The van der Waals surface area contributed by atoms with E-state index in [1.54, 1.807) is 0 Å². The summed E-state index contributed by atoms with van der Waals surface area (Å²) in [7, 11) is 0. The number of aliphatic hydroxyl groups is 1. The normalized spacial score (nSPS) is 27.5. The molecule has 0 radical (unpaired) electrons. The maximum Gasteiger partial charge on any atom is 0.323 e. The minimum Gasteiger partial charge on any atom is -0.459 e. The summed E-state index contributed by atoms with van der Waals surface area (Å²) in [5, 5.41) is 10.7. The third-order valence-corrected chi connectivity index (χ3v) is 4.32. The van der Waals surface area contributed by atoms with Gasteiger partial charge in [0.25, 0.3) is 0 Å². The van der Waals surface area contributed by atoms with Crippen LogP contribution in [-0.4, -0.2) is 46.3 Å². The van der Waals surface area contributed by atoms with Gasteiger partial charge in [0, 0.05) is 6.54 Å². The molecular formula is C16H29NO3. The molecule has 1 saturated carbocycles. The molecule has 2 rings (SSSR count). The molecule has 4 heteroatoms. The van der Waals surface area contributed by atoms with E-state index in [1.807, 2.05) is 20.8 Å². The molecule has 1 N–H and O–H groups in total. The zero-order chi connectivity index (χ0) is 14.8. The van der Waals surface area contributed by atoms with Gasteiger partial charge < -0.3 is 9.84 Å². The lowest BCUT2D eigenvalue weighted by Gasteiger charge is -2.37. The molecule has 0 bridgehead atoms. The number of rotatable bonds is 3. The number of likely N-dealkylation sites (tertiary alicyclic amines) is 1. The number of carbonyl (C=O) groups excluding carboxylic acids is 1. The molecule has 1 atom stereocenters. The third-order valence-electron chi connectivity index (χ3n) is 4.32. The molecule has 1 aliphatic carbocycles. The summed E-state index contributed by atoms with van der Waals surface area (Å²) in [5.41, 5.74) is -1.03. The summed E-state index contributed by atoms with van der Waals surface area (Å²) in [6, 6.07) is -0.167. The van der Waals surface area contributed by atoms with Crippen LogP contribution >= 0.6 is 0 Å². The third kappa shape index (κ3) is 4.19. The summed E-state index contributed by atoms with van der Waals surface area (Å²) in [5.74, 6) is -0.130. The van der Waals surface area contributed by atoms with Gasteiger partial charge in [-0.05, 0) is 53.0 Å². The van der Waals surface area contributed by atoms with Crippen LogP contribution in [0.4, 0.5) is 0 Å². The van der Waals surface area contributed by atoms with Gasteiger partial charge in [-0.3, -0.25) is 9.69 Å². The molecular weight excluding hydrogens is 254 g/mol. The minimum atomic E-state index is -0.594. The van der Waals surface area contributed by atoms with E-state index in [-0.39, 0.29) is 12.0 Å². The molecule has 116 valence electrons. The number of β-amino-alcohol motifs (C(OH)–C–C–N with tert-alkyl or cyclic N) is 1. The van der Waals surface area contributed by atoms with Gasteiger partial charge in [0.2, 0.25) is 0 Å². The molecule has 0 aromatic rings. The largest absolute Gasteiger partial charge is 0.459 e. The Morgan fingerprint density at radius 3 is 2.50 bits per heavy atom. The number of carbonyl (C=O) groups is 1. The molecule has 0 aromatic carbocycles. The predicted octanol–water partition coefficient (Wildman–Crippen LogP) is 2.49. The summed E-state index contributed by atoms with van der Waals surface area (Å²) in [4.78, 5) is 14.4. The first kappa shape index (κ1) is 15.8. The van der Waals surface area contributed by atoms with Gasteiger partial charge in [-0.2, -0.15) is 0 Å². The zero-order valence-corrected chi connectivity index (χ0v) is 13.2. The van der Waals surface area contributed by atoms with Gasteiger partial charge >= 0.3 is 5.97 Å². The van der Waals surface area contributed by atoms with Crippen molar-refractivity contribution in [1.82, 2.24) is 4.90 Å². The summed E-state index contributed by atoms with van der Waals surface area (Å²) in [6.45, 7) is 7.22. The number of hydrogen-bond donors (Lipinski definition) is 1. The molecule has 2 fully saturated rings. The van der Waals surface area contributed by atoms with Gasteiger partial charge in [0.1, 0.15) is 11.6 Å². The molecule has 1 saturated heterocycles. The van der Waals surface area contributed by atoms with E-state index < -0.39 is 11.2 Å². The van der Waals surface area contributed by atoms with Gasteiger partial charge in [0.05, 0.1) is 5.60 Å². The molecule has 0 aromatic heterocycles. The van der Waals surface area contributed by atoms with Crippen LogP contribution in [0, 0.1) is 0 Å². The molecule has 0 unspecified atom stereocenters. The Bertz CT molecular complexity index is 342. The first-order chi connectivity index (χ1) is 9.29. The minimum absolute atomic E-state index is 0.130. The Hall–Kier alpha value is -0.610. The number of esters is 1. The molecule has 20 heavy (non-hydrogen) atoms. The molecule has 1 heterocycles. The molecule has 2 aliphatic rings. The van der Waals surface area contributed by atoms with E-state index in [9.17, 15) is 9.90 Å². The van der Waals surface area contributed by atoms with E-state index in [4.69, 9.17) is 4.74 Å². The average Bonchev–Trinajstić information content (AvgIpc) is 2.75. The lowest BCUT2D eigenvalue weighted by Crippen LogP contribution is -2.49. The molecule has 4 nitrogen and oxygen atoms in total. The monoisotopic (exact) mass is 283 g/mol. The summed E-state index contributed by atoms with van der Waals surface area (Å²) >= 11 is 0. The van der Waals surface area contributed by atoms with Crippen molar-refractivity contribution in [2.24, 2.45) is 0 Å². The highest BCUT2D eigenvalue weighted by Gasteiger charge is 2.39. The van der Waals surface area contributed by atoms with Crippen LogP contribution in [0.15, 0.2) is 0 Å².